The fourth-order valence-electron chi connectivity index (χ4n) is 7.21. The molecule has 0 N–H and O–H groups in total. The van der Waals surface area contributed by atoms with E-state index in [0.29, 0.717) is 0 Å². The van der Waals surface area contributed by atoms with Gasteiger partial charge < -0.3 is 0 Å². The summed E-state index contributed by atoms with van der Waals surface area (Å²) < 4.78 is 0. The second-order valence-corrected chi connectivity index (χ2v) is 11.1. The summed E-state index contributed by atoms with van der Waals surface area (Å²) in [5, 5.41) is 1.52. The minimum Gasteiger partial charge on any atom is -0.257 e. The lowest BCUT2D eigenvalue weighted by atomic mass is 9.48. The Labute approximate surface area is 194 Å². The van der Waals surface area contributed by atoms with Crippen LogP contribution in [0, 0.1) is 24.7 Å². The molecule has 3 heteroatoms. The Hall–Kier alpha value is -1.83. The van der Waals surface area contributed by atoms with Crippen LogP contribution in [-0.2, 0) is 5.41 Å². The zero-order valence-electron chi connectivity index (χ0n) is 17.9. The third kappa shape index (κ3) is 3.41. The summed E-state index contributed by atoms with van der Waals surface area (Å²) in [5.41, 5.74) is 7.54. The Kier molecular flexibility index (Phi) is 4.70. The van der Waals surface area contributed by atoms with Crippen molar-refractivity contribution in [2.45, 2.75) is 50.9 Å². The van der Waals surface area contributed by atoms with Gasteiger partial charge in [0.2, 0.25) is 0 Å². The number of pyridine rings is 1. The van der Waals surface area contributed by atoms with Crippen molar-refractivity contribution < 1.29 is 0 Å². The van der Waals surface area contributed by atoms with Gasteiger partial charge in [-0.05, 0) is 110 Å². The van der Waals surface area contributed by atoms with Gasteiger partial charge in [0.05, 0.1) is 0 Å². The molecule has 0 unspecified atom stereocenters. The van der Waals surface area contributed by atoms with Crippen LogP contribution in [0.5, 0.6) is 0 Å². The van der Waals surface area contributed by atoms with Gasteiger partial charge in [-0.15, -0.1) is 0 Å². The van der Waals surface area contributed by atoms with E-state index in [0.717, 1.165) is 39.1 Å². The van der Waals surface area contributed by atoms with Crippen LogP contribution in [-0.4, -0.2) is 4.98 Å². The van der Waals surface area contributed by atoms with Crippen LogP contribution in [0.15, 0.2) is 54.6 Å². The summed E-state index contributed by atoms with van der Waals surface area (Å²) in [6, 6.07) is 18.8. The molecule has 0 radical (unpaired) electrons. The van der Waals surface area contributed by atoms with Crippen molar-refractivity contribution in [3.05, 3.63) is 76.0 Å². The number of benzene rings is 2. The van der Waals surface area contributed by atoms with Crippen LogP contribution in [0.2, 0.25) is 10.0 Å². The standard InChI is InChI=1S/C28H27Cl2N/c1-17-27(22-4-8-24(30)9-5-22)25(21-2-6-23(29)7-3-21)13-26(31-17)28-14-18-10-19(15-28)12-20(11-18)16-28/h2-9,13,18-20H,10-12,14-16H2,1H3. The molecular formula is C28H27Cl2N. The maximum absolute atomic E-state index is 6.22. The van der Waals surface area contributed by atoms with Crippen LogP contribution in [0.3, 0.4) is 0 Å². The van der Waals surface area contributed by atoms with Crippen molar-refractivity contribution in [3.8, 4) is 22.3 Å². The van der Waals surface area contributed by atoms with Gasteiger partial charge in [-0.3, -0.25) is 4.98 Å². The molecule has 3 aromatic rings. The lowest BCUT2D eigenvalue weighted by Crippen LogP contribution is -2.49. The van der Waals surface area contributed by atoms with Gasteiger partial charge in [0.15, 0.2) is 0 Å². The second-order valence-electron chi connectivity index (χ2n) is 10.2. The van der Waals surface area contributed by atoms with E-state index in [2.05, 4.69) is 37.3 Å². The van der Waals surface area contributed by atoms with E-state index in [4.69, 9.17) is 28.2 Å². The number of nitrogens with zero attached hydrogens (tertiary/aromatic N) is 1. The molecule has 1 nitrogen and oxygen atoms in total. The zero-order chi connectivity index (χ0) is 21.2. The van der Waals surface area contributed by atoms with Crippen molar-refractivity contribution in [1.82, 2.24) is 4.98 Å². The van der Waals surface area contributed by atoms with Crippen molar-refractivity contribution >= 4 is 23.2 Å². The molecule has 4 fully saturated rings. The van der Waals surface area contributed by atoms with Crippen molar-refractivity contribution in [3.63, 3.8) is 0 Å². The van der Waals surface area contributed by atoms with E-state index < -0.39 is 0 Å². The minimum atomic E-state index is 0.277. The molecule has 4 saturated carbocycles. The fraction of sp³-hybridized carbons (Fsp3) is 0.393. The van der Waals surface area contributed by atoms with E-state index in [1.54, 1.807) is 0 Å². The van der Waals surface area contributed by atoms with Crippen molar-refractivity contribution in [2.24, 2.45) is 17.8 Å². The summed E-state index contributed by atoms with van der Waals surface area (Å²) in [6.07, 6.45) is 8.32. The third-order valence-electron chi connectivity index (χ3n) is 8.07. The lowest BCUT2D eigenvalue weighted by molar-refractivity contribution is -0.00722. The summed E-state index contributed by atoms with van der Waals surface area (Å²) in [4.78, 5) is 5.31. The molecule has 31 heavy (non-hydrogen) atoms. The molecular weight excluding hydrogens is 421 g/mol. The van der Waals surface area contributed by atoms with E-state index in [9.17, 15) is 0 Å². The van der Waals surface area contributed by atoms with E-state index in [-0.39, 0.29) is 5.41 Å². The van der Waals surface area contributed by atoms with Crippen LogP contribution >= 0.6 is 23.2 Å². The Bertz CT molecular complexity index is 1100. The number of aromatic nitrogens is 1. The van der Waals surface area contributed by atoms with Gasteiger partial charge in [-0.25, -0.2) is 0 Å². The minimum absolute atomic E-state index is 0.277. The number of hydrogen-bond acceptors (Lipinski definition) is 1. The topological polar surface area (TPSA) is 12.9 Å². The molecule has 2 aromatic carbocycles. The highest BCUT2D eigenvalue weighted by Gasteiger charge is 2.52. The molecule has 7 rings (SSSR count). The molecule has 0 spiro atoms. The number of halogens is 2. The van der Waals surface area contributed by atoms with Gasteiger partial charge in [0, 0.05) is 32.4 Å². The van der Waals surface area contributed by atoms with Gasteiger partial charge in [-0.1, -0.05) is 47.5 Å². The lowest BCUT2D eigenvalue weighted by Gasteiger charge is -2.56. The monoisotopic (exact) mass is 447 g/mol. The first-order chi connectivity index (χ1) is 15.0. The number of aryl methyl sites for hydroxylation is 1. The largest absolute Gasteiger partial charge is 0.257 e. The van der Waals surface area contributed by atoms with E-state index >= 15 is 0 Å². The first kappa shape index (κ1) is 19.8. The van der Waals surface area contributed by atoms with Crippen LogP contribution in [0.1, 0.15) is 49.9 Å². The van der Waals surface area contributed by atoms with E-state index in [1.807, 2.05) is 24.3 Å². The smallest absolute Gasteiger partial charge is 0.0475 e. The highest BCUT2D eigenvalue weighted by atomic mass is 35.5. The van der Waals surface area contributed by atoms with E-state index in [1.165, 1.54) is 60.9 Å². The Morgan fingerprint density at radius 1 is 0.742 bits per heavy atom. The average molecular weight is 448 g/mol. The highest BCUT2D eigenvalue weighted by Crippen LogP contribution is 2.60. The molecule has 1 aromatic heterocycles. The summed E-state index contributed by atoms with van der Waals surface area (Å²) >= 11 is 12.4. The SMILES string of the molecule is Cc1nc(C23CC4CC(CC(C4)C2)C3)cc(-c2ccc(Cl)cc2)c1-c1ccc(Cl)cc1. The van der Waals surface area contributed by atoms with Gasteiger partial charge in [0.1, 0.15) is 0 Å². The van der Waals surface area contributed by atoms with Gasteiger partial charge in [-0.2, -0.15) is 0 Å². The maximum atomic E-state index is 6.22. The second kappa shape index (κ2) is 7.36. The first-order valence-electron chi connectivity index (χ1n) is 11.5. The molecule has 4 bridgehead atoms. The van der Waals surface area contributed by atoms with Crippen molar-refractivity contribution in [2.75, 3.05) is 0 Å². The number of rotatable bonds is 3. The summed E-state index contributed by atoms with van der Waals surface area (Å²) in [7, 11) is 0. The Balaban J connectivity index is 1.54. The zero-order valence-corrected chi connectivity index (χ0v) is 19.4. The Morgan fingerprint density at radius 2 is 1.23 bits per heavy atom. The first-order valence-corrected chi connectivity index (χ1v) is 12.3. The van der Waals surface area contributed by atoms with Gasteiger partial charge in [0.25, 0.3) is 0 Å². The molecule has 158 valence electrons. The summed E-state index contributed by atoms with van der Waals surface area (Å²) in [5.74, 6) is 2.72. The van der Waals surface area contributed by atoms with Crippen molar-refractivity contribution in [1.29, 1.82) is 0 Å². The highest BCUT2D eigenvalue weighted by molar-refractivity contribution is 6.31. The molecule has 0 aliphatic heterocycles. The molecule has 4 aliphatic rings. The quantitative estimate of drug-likeness (QED) is 0.391. The van der Waals surface area contributed by atoms with Crippen LogP contribution in [0.4, 0.5) is 0 Å². The summed E-state index contributed by atoms with van der Waals surface area (Å²) in [6.45, 7) is 2.17. The predicted molar refractivity (Wildman–Crippen MR) is 130 cm³/mol. The molecule has 0 amide bonds. The van der Waals surface area contributed by atoms with Crippen LogP contribution < -0.4 is 0 Å². The molecule has 0 saturated heterocycles. The normalized spacial score (nSPS) is 28.8. The third-order valence-corrected chi connectivity index (χ3v) is 8.57. The Morgan fingerprint density at radius 3 is 1.74 bits per heavy atom. The molecule has 4 aliphatic carbocycles. The molecule has 0 atom stereocenters. The maximum Gasteiger partial charge on any atom is 0.0475 e. The van der Waals surface area contributed by atoms with Gasteiger partial charge >= 0.3 is 0 Å². The fourth-order valence-corrected chi connectivity index (χ4v) is 7.46. The van der Waals surface area contributed by atoms with Crippen LogP contribution in [0.25, 0.3) is 22.3 Å². The average Bonchev–Trinajstić information content (AvgIpc) is 2.74. The predicted octanol–water partition coefficient (Wildman–Crippen LogP) is 8.50. The number of hydrogen-bond donors (Lipinski definition) is 0. The molecule has 1 heterocycles.